The number of hydrogen-bond donors (Lipinski definition) is 1. The number of para-hydroxylation sites is 1. The summed E-state index contributed by atoms with van der Waals surface area (Å²) in [5.74, 6) is -0.123. The summed E-state index contributed by atoms with van der Waals surface area (Å²) in [5.41, 5.74) is 0.721. The fraction of sp³-hybridized carbons (Fsp3) is 0.538. The number of rotatable bonds is 4. The van der Waals surface area contributed by atoms with Crippen LogP contribution in [-0.4, -0.2) is 25.7 Å². The number of nitrogens with zero attached hydrogens (tertiary/aromatic N) is 1. The molecule has 2 nitrogen and oxygen atoms in total. The highest BCUT2D eigenvalue weighted by molar-refractivity contribution is 5.47. The van der Waals surface area contributed by atoms with E-state index in [-0.39, 0.29) is 5.82 Å². The minimum absolute atomic E-state index is 0.123. The number of halogens is 1. The highest BCUT2D eigenvalue weighted by Gasteiger charge is 2.18. The third-order valence-corrected chi connectivity index (χ3v) is 3.18. The maximum absolute atomic E-state index is 13.6. The molecule has 1 saturated heterocycles. The molecule has 1 fully saturated rings. The number of likely N-dealkylation sites (N-methyl/N-ethyl adjacent to an activating group) is 1. The third-order valence-electron chi connectivity index (χ3n) is 3.18. The zero-order valence-electron chi connectivity index (χ0n) is 9.75. The molecule has 1 atom stereocenters. The van der Waals surface area contributed by atoms with E-state index in [0.717, 1.165) is 25.3 Å². The molecule has 1 aliphatic heterocycles. The molecular weight excluding hydrogens is 203 g/mol. The molecule has 2 rings (SSSR count). The molecule has 3 heteroatoms. The van der Waals surface area contributed by atoms with Gasteiger partial charge in [-0.2, -0.15) is 0 Å². The lowest BCUT2D eigenvalue weighted by atomic mass is 10.2. The molecule has 88 valence electrons. The van der Waals surface area contributed by atoms with Crippen LogP contribution in [0.3, 0.4) is 0 Å². The van der Waals surface area contributed by atoms with Crippen molar-refractivity contribution in [2.24, 2.45) is 0 Å². The Hall–Kier alpha value is -1.09. The lowest BCUT2D eigenvalue weighted by molar-refractivity contribution is 0.570. The van der Waals surface area contributed by atoms with Crippen LogP contribution in [0.15, 0.2) is 24.3 Å². The lowest BCUT2D eigenvalue weighted by Gasteiger charge is -2.26. The van der Waals surface area contributed by atoms with Gasteiger partial charge >= 0.3 is 0 Å². The van der Waals surface area contributed by atoms with Crippen LogP contribution >= 0.6 is 0 Å². The van der Waals surface area contributed by atoms with Gasteiger partial charge in [-0.3, -0.25) is 0 Å². The van der Waals surface area contributed by atoms with Gasteiger partial charge in [0, 0.05) is 19.1 Å². The predicted octanol–water partition coefficient (Wildman–Crippen LogP) is 2.40. The van der Waals surface area contributed by atoms with E-state index >= 15 is 0 Å². The van der Waals surface area contributed by atoms with Crippen molar-refractivity contribution in [2.75, 3.05) is 24.5 Å². The van der Waals surface area contributed by atoms with Crippen LogP contribution in [0.5, 0.6) is 0 Å². The van der Waals surface area contributed by atoms with Crippen molar-refractivity contribution in [1.82, 2.24) is 5.32 Å². The minimum Gasteiger partial charge on any atom is -0.368 e. The first-order chi connectivity index (χ1) is 7.81. The second kappa shape index (κ2) is 5.30. The van der Waals surface area contributed by atoms with Crippen LogP contribution in [0.2, 0.25) is 0 Å². The second-order valence-electron chi connectivity index (χ2n) is 4.28. The highest BCUT2D eigenvalue weighted by atomic mass is 19.1. The molecule has 1 aromatic rings. The molecule has 0 amide bonds. The number of anilines is 1. The molecule has 16 heavy (non-hydrogen) atoms. The quantitative estimate of drug-likeness (QED) is 0.841. The van der Waals surface area contributed by atoms with Crippen molar-refractivity contribution >= 4 is 5.69 Å². The summed E-state index contributed by atoms with van der Waals surface area (Å²) in [7, 11) is 0. The average molecular weight is 222 g/mol. The molecule has 1 aliphatic rings. The first-order valence-electron chi connectivity index (χ1n) is 6.04. The van der Waals surface area contributed by atoms with Gasteiger partial charge < -0.3 is 10.2 Å². The Morgan fingerprint density at radius 1 is 1.44 bits per heavy atom. The molecule has 0 unspecified atom stereocenters. The van der Waals surface area contributed by atoms with Gasteiger partial charge in [0.25, 0.3) is 0 Å². The van der Waals surface area contributed by atoms with Crippen LogP contribution in [-0.2, 0) is 0 Å². The summed E-state index contributed by atoms with van der Waals surface area (Å²) in [6.45, 7) is 4.91. The molecule has 0 aromatic heterocycles. The van der Waals surface area contributed by atoms with E-state index < -0.39 is 0 Å². The molecule has 0 aliphatic carbocycles. The van der Waals surface area contributed by atoms with Gasteiger partial charge in [-0.05, 0) is 38.4 Å². The SMILES string of the molecule is CCN(C[C@@H]1CCCN1)c1ccccc1F. The molecular formula is C13H19FN2. The van der Waals surface area contributed by atoms with E-state index in [0.29, 0.717) is 6.04 Å². The highest BCUT2D eigenvalue weighted by Crippen LogP contribution is 2.19. The van der Waals surface area contributed by atoms with Gasteiger partial charge in [-0.25, -0.2) is 4.39 Å². The first kappa shape index (κ1) is 11.4. The summed E-state index contributed by atoms with van der Waals surface area (Å²) in [6.07, 6.45) is 2.43. The summed E-state index contributed by atoms with van der Waals surface area (Å²) >= 11 is 0. The molecule has 1 aromatic carbocycles. The zero-order valence-corrected chi connectivity index (χ0v) is 9.75. The van der Waals surface area contributed by atoms with Crippen LogP contribution in [0.1, 0.15) is 19.8 Å². The van der Waals surface area contributed by atoms with Crippen LogP contribution < -0.4 is 10.2 Å². The van der Waals surface area contributed by atoms with E-state index in [2.05, 4.69) is 17.1 Å². The number of hydrogen-bond acceptors (Lipinski definition) is 2. The van der Waals surface area contributed by atoms with Crippen molar-refractivity contribution < 1.29 is 4.39 Å². The van der Waals surface area contributed by atoms with Gasteiger partial charge in [-0.1, -0.05) is 12.1 Å². The van der Waals surface area contributed by atoms with Crippen molar-refractivity contribution in [3.63, 3.8) is 0 Å². The fourth-order valence-corrected chi connectivity index (χ4v) is 2.28. The zero-order chi connectivity index (χ0) is 11.4. The second-order valence-corrected chi connectivity index (χ2v) is 4.28. The molecule has 1 N–H and O–H groups in total. The van der Waals surface area contributed by atoms with Crippen LogP contribution in [0, 0.1) is 5.82 Å². The summed E-state index contributed by atoms with van der Waals surface area (Å²) in [4.78, 5) is 2.11. The molecule has 0 radical (unpaired) electrons. The Kier molecular flexibility index (Phi) is 3.78. The van der Waals surface area contributed by atoms with Crippen molar-refractivity contribution in [1.29, 1.82) is 0 Å². The van der Waals surface area contributed by atoms with Gasteiger partial charge in [-0.15, -0.1) is 0 Å². The predicted molar refractivity (Wildman–Crippen MR) is 65.3 cm³/mol. The minimum atomic E-state index is -0.123. The normalized spacial score (nSPS) is 20.0. The monoisotopic (exact) mass is 222 g/mol. The van der Waals surface area contributed by atoms with E-state index in [1.54, 1.807) is 6.07 Å². The van der Waals surface area contributed by atoms with Gasteiger partial charge in [0.1, 0.15) is 5.82 Å². The lowest BCUT2D eigenvalue weighted by Crippen LogP contribution is -2.37. The van der Waals surface area contributed by atoms with Crippen molar-refractivity contribution in [3.05, 3.63) is 30.1 Å². The Morgan fingerprint density at radius 2 is 2.25 bits per heavy atom. The summed E-state index contributed by atoms with van der Waals surface area (Å²) < 4.78 is 13.6. The van der Waals surface area contributed by atoms with E-state index in [1.807, 2.05) is 12.1 Å². The van der Waals surface area contributed by atoms with E-state index in [1.165, 1.54) is 18.9 Å². The maximum atomic E-state index is 13.6. The average Bonchev–Trinajstić information content (AvgIpc) is 2.80. The Balaban J connectivity index is 2.06. The van der Waals surface area contributed by atoms with Crippen LogP contribution in [0.4, 0.5) is 10.1 Å². The molecule has 0 saturated carbocycles. The topological polar surface area (TPSA) is 15.3 Å². The van der Waals surface area contributed by atoms with E-state index in [4.69, 9.17) is 0 Å². The summed E-state index contributed by atoms with van der Waals surface area (Å²) in [6, 6.07) is 7.52. The van der Waals surface area contributed by atoms with Crippen molar-refractivity contribution in [3.8, 4) is 0 Å². The number of benzene rings is 1. The summed E-state index contributed by atoms with van der Waals surface area (Å²) in [5, 5.41) is 3.45. The van der Waals surface area contributed by atoms with Gasteiger partial charge in [0.05, 0.1) is 5.69 Å². The fourth-order valence-electron chi connectivity index (χ4n) is 2.28. The van der Waals surface area contributed by atoms with Gasteiger partial charge in [0.15, 0.2) is 0 Å². The van der Waals surface area contributed by atoms with Gasteiger partial charge in [0.2, 0.25) is 0 Å². The first-order valence-corrected chi connectivity index (χ1v) is 6.04. The third kappa shape index (κ3) is 2.53. The smallest absolute Gasteiger partial charge is 0.146 e. The Labute approximate surface area is 96.5 Å². The molecule has 1 heterocycles. The largest absolute Gasteiger partial charge is 0.368 e. The van der Waals surface area contributed by atoms with Crippen molar-refractivity contribution in [2.45, 2.75) is 25.8 Å². The van der Waals surface area contributed by atoms with E-state index in [9.17, 15) is 4.39 Å². The molecule has 0 bridgehead atoms. The number of nitrogens with one attached hydrogen (secondary N) is 1. The standard InChI is InChI=1S/C13H19FN2/c1-2-16(10-11-6-5-9-15-11)13-8-4-3-7-12(13)14/h3-4,7-8,11,15H,2,5-6,9-10H2,1H3/t11-/m0/s1. The van der Waals surface area contributed by atoms with Crippen LogP contribution in [0.25, 0.3) is 0 Å². The Morgan fingerprint density at radius 3 is 2.88 bits per heavy atom. The Bertz CT molecular complexity index is 334. The maximum Gasteiger partial charge on any atom is 0.146 e. The molecule has 0 spiro atoms.